The molecule has 4 heteroatoms. The number of nitriles is 1. The molecule has 5 rings (SSSR count). The van der Waals surface area contributed by atoms with Crippen molar-refractivity contribution in [2.75, 3.05) is 0 Å². The molecule has 0 amide bonds. The van der Waals surface area contributed by atoms with Gasteiger partial charge in [0.15, 0.2) is 0 Å². The molecule has 33 heavy (non-hydrogen) atoms. The first kappa shape index (κ1) is 20.3. The number of benzene rings is 3. The van der Waals surface area contributed by atoms with Gasteiger partial charge in [0.1, 0.15) is 11.2 Å². The van der Waals surface area contributed by atoms with Gasteiger partial charge in [-0.15, -0.1) is 0 Å². The van der Waals surface area contributed by atoms with Gasteiger partial charge in [-0.3, -0.25) is 0 Å². The molecule has 5 aromatic rings. The van der Waals surface area contributed by atoms with Gasteiger partial charge < -0.3 is 10.2 Å². The lowest BCUT2D eigenvalue weighted by atomic mass is 10.0. The minimum absolute atomic E-state index is 0.293. The summed E-state index contributed by atoms with van der Waals surface area (Å²) >= 11 is 0. The number of rotatable bonds is 5. The van der Waals surface area contributed by atoms with Gasteiger partial charge in [-0.05, 0) is 65.4 Å². The molecule has 0 unspecified atom stereocenters. The first-order chi connectivity index (χ1) is 16.3. The number of hydrogen-bond donors (Lipinski definition) is 1. The second-order valence-electron chi connectivity index (χ2n) is 7.68. The van der Waals surface area contributed by atoms with Crippen LogP contribution in [0.1, 0.15) is 12.1 Å². The topological polar surface area (TPSA) is 75.8 Å². The third-order valence-corrected chi connectivity index (χ3v) is 5.61. The molecule has 158 valence electrons. The molecule has 4 nitrogen and oxygen atoms in total. The van der Waals surface area contributed by atoms with Crippen molar-refractivity contribution in [3.63, 3.8) is 0 Å². The number of aromatic nitrogens is 1. The summed E-state index contributed by atoms with van der Waals surface area (Å²) in [6.07, 6.45) is 5.33. The van der Waals surface area contributed by atoms with Gasteiger partial charge in [0.25, 0.3) is 0 Å². The van der Waals surface area contributed by atoms with Crippen molar-refractivity contribution in [2.45, 2.75) is 6.42 Å². The monoisotopic (exact) mass is 427 g/mol. The van der Waals surface area contributed by atoms with Crippen LogP contribution in [0.2, 0.25) is 0 Å². The van der Waals surface area contributed by atoms with E-state index in [0.29, 0.717) is 6.42 Å². The molecule has 0 saturated heterocycles. The highest BCUT2D eigenvalue weighted by Crippen LogP contribution is 2.34. The highest BCUT2D eigenvalue weighted by atomic mass is 16.3. The molecule has 0 aliphatic heterocycles. The molecule has 2 heterocycles. The van der Waals surface area contributed by atoms with Gasteiger partial charge in [0, 0.05) is 16.3 Å². The molecule has 0 bridgehead atoms. The second kappa shape index (κ2) is 8.86. The van der Waals surface area contributed by atoms with Gasteiger partial charge in [-0.2, -0.15) is 5.26 Å². The quantitative estimate of drug-likeness (QED) is 0.304. The fourth-order valence-electron chi connectivity index (χ4n) is 4.02. The first-order valence-electron chi connectivity index (χ1n) is 10.7. The van der Waals surface area contributed by atoms with E-state index in [9.17, 15) is 0 Å². The van der Waals surface area contributed by atoms with Crippen molar-refractivity contribution in [1.82, 2.24) is 4.98 Å². The predicted octanol–water partition coefficient (Wildman–Crippen LogP) is 7.08. The van der Waals surface area contributed by atoms with E-state index in [-0.39, 0.29) is 0 Å². The van der Waals surface area contributed by atoms with E-state index in [1.54, 1.807) is 6.08 Å². The van der Waals surface area contributed by atoms with E-state index in [4.69, 9.17) is 20.4 Å². The van der Waals surface area contributed by atoms with Crippen LogP contribution >= 0.6 is 0 Å². The van der Waals surface area contributed by atoms with Crippen LogP contribution in [0.15, 0.2) is 108 Å². The normalized spacial score (nSPS) is 11.9. The molecule has 0 aliphatic rings. The van der Waals surface area contributed by atoms with E-state index < -0.39 is 0 Å². The zero-order chi connectivity index (χ0) is 22.6. The standard InChI is InChI=1S/C29H21N3O/c30-16-5-8-21(15-17-31)26-9-4-10-27(32-26)23-12-14-25-24-13-11-22(20-6-2-1-3-7-20)18-28(24)33-29(25)19-23/h1-4,6-15,17-19H,5,31H2/b17-15-,21-8+. The summed E-state index contributed by atoms with van der Waals surface area (Å²) in [7, 11) is 0. The zero-order valence-electron chi connectivity index (χ0n) is 17.9. The molecule has 2 N–H and O–H groups in total. The largest absolute Gasteiger partial charge is 0.456 e. The Morgan fingerprint density at radius 2 is 1.58 bits per heavy atom. The Morgan fingerprint density at radius 3 is 2.30 bits per heavy atom. The fraction of sp³-hybridized carbons (Fsp3) is 0.0345. The minimum atomic E-state index is 0.293. The number of allylic oxidation sites excluding steroid dienone is 3. The summed E-state index contributed by atoms with van der Waals surface area (Å²) in [6.45, 7) is 0. The highest BCUT2D eigenvalue weighted by molar-refractivity contribution is 6.06. The minimum Gasteiger partial charge on any atom is -0.456 e. The SMILES string of the molecule is N#CC/C=C(\C=C/N)c1cccc(-c2ccc3c(c2)oc2cc(-c4ccccc4)ccc23)n1. The van der Waals surface area contributed by atoms with Crippen LogP contribution in [-0.2, 0) is 0 Å². The van der Waals surface area contributed by atoms with Crippen molar-refractivity contribution < 1.29 is 4.42 Å². The van der Waals surface area contributed by atoms with Crippen LogP contribution < -0.4 is 5.73 Å². The zero-order valence-corrected chi connectivity index (χ0v) is 17.9. The number of nitrogens with zero attached hydrogens (tertiary/aromatic N) is 2. The van der Waals surface area contributed by atoms with E-state index in [1.165, 1.54) is 6.20 Å². The lowest BCUT2D eigenvalue weighted by molar-refractivity contribution is 0.669. The molecular weight excluding hydrogens is 406 g/mol. The molecule has 0 spiro atoms. The Bertz CT molecular complexity index is 1550. The van der Waals surface area contributed by atoms with Crippen LogP contribution in [0.25, 0.3) is 49.9 Å². The van der Waals surface area contributed by atoms with Crippen molar-refractivity contribution in [3.8, 4) is 28.5 Å². The Kier molecular flexibility index (Phi) is 5.45. The van der Waals surface area contributed by atoms with Crippen LogP contribution in [0.4, 0.5) is 0 Å². The van der Waals surface area contributed by atoms with Crippen LogP contribution in [0.3, 0.4) is 0 Å². The van der Waals surface area contributed by atoms with E-state index in [2.05, 4.69) is 48.5 Å². The van der Waals surface area contributed by atoms with Gasteiger partial charge >= 0.3 is 0 Å². The van der Waals surface area contributed by atoms with Crippen molar-refractivity contribution >= 4 is 27.5 Å². The second-order valence-corrected chi connectivity index (χ2v) is 7.68. The van der Waals surface area contributed by atoms with Gasteiger partial charge in [-0.25, -0.2) is 4.98 Å². The molecule has 2 aromatic heterocycles. The average Bonchev–Trinajstić information content (AvgIpc) is 3.24. The van der Waals surface area contributed by atoms with Gasteiger partial charge in [-0.1, -0.05) is 54.6 Å². The first-order valence-corrected chi connectivity index (χ1v) is 10.7. The average molecular weight is 428 g/mol. The van der Waals surface area contributed by atoms with E-state index in [1.807, 2.05) is 48.5 Å². The molecule has 0 aliphatic carbocycles. The molecule has 0 radical (unpaired) electrons. The van der Waals surface area contributed by atoms with Crippen LogP contribution in [0, 0.1) is 11.3 Å². The summed E-state index contributed by atoms with van der Waals surface area (Å²) < 4.78 is 6.24. The lowest BCUT2D eigenvalue weighted by Gasteiger charge is -2.06. The molecule has 0 fully saturated rings. The summed E-state index contributed by atoms with van der Waals surface area (Å²) in [4.78, 5) is 4.80. The van der Waals surface area contributed by atoms with Crippen LogP contribution in [0.5, 0.6) is 0 Å². The smallest absolute Gasteiger partial charge is 0.136 e. The van der Waals surface area contributed by atoms with E-state index >= 15 is 0 Å². The Hall–Kier alpha value is -4.62. The summed E-state index contributed by atoms with van der Waals surface area (Å²) in [5.41, 5.74) is 12.9. The number of nitrogens with two attached hydrogens (primary N) is 1. The number of pyridine rings is 1. The maximum absolute atomic E-state index is 8.92. The molecule has 3 aromatic carbocycles. The molecule has 0 atom stereocenters. The predicted molar refractivity (Wildman–Crippen MR) is 134 cm³/mol. The highest BCUT2D eigenvalue weighted by Gasteiger charge is 2.11. The Labute approximate surface area is 191 Å². The van der Waals surface area contributed by atoms with Crippen molar-refractivity contribution in [1.29, 1.82) is 5.26 Å². The lowest BCUT2D eigenvalue weighted by Crippen LogP contribution is -1.91. The Morgan fingerprint density at radius 1 is 0.848 bits per heavy atom. The number of hydrogen-bond acceptors (Lipinski definition) is 4. The van der Waals surface area contributed by atoms with Gasteiger partial charge in [0.2, 0.25) is 0 Å². The maximum Gasteiger partial charge on any atom is 0.136 e. The summed E-state index contributed by atoms with van der Waals surface area (Å²) in [5.74, 6) is 0. The van der Waals surface area contributed by atoms with Gasteiger partial charge in [0.05, 0.1) is 23.9 Å². The summed E-state index contributed by atoms with van der Waals surface area (Å²) in [6, 6.07) is 30.8. The Balaban J connectivity index is 1.56. The molecule has 0 saturated carbocycles. The molecular formula is C29H21N3O. The third-order valence-electron chi connectivity index (χ3n) is 5.61. The van der Waals surface area contributed by atoms with Crippen LogP contribution in [-0.4, -0.2) is 4.98 Å². The van der Waals surface area contributed by atoms with E-state index in [0.717, 1.165) is 55.6 Å². The number of fused-ring (bicyclic) bond motifs is 3. The third kappa shape index (κ3) is 4.00. The summed E-state index contributed by atoms with van der Waals surface area (Å²) in [5, 5.41) is 11.1. The number of furan rings is 1. The van der Waals surface area contributed by atoms with Crippen molar-refractivity contribution in [3.05, 3.63) is 109 Å². The fourth-order valence-corrected chi connectivity index (χ4v) is 4.02. The maximum atomic E-state index is 8.92. The van der Waals surface area contributed by atoms with Crippen molar-refractivity contribution in [2.24, 2.45) is 5.73 Å².